The Morgan fingerprint density at radius 3 is 1.96 bits per heavy atom. The van der Waals surface area contributed by atoms with Crippen molar-refractivity contribution in [3.63, 3.8) is 0 Å². The SMILES string of the molecule is Cc1cnc(N2CCN(c3nc(C(C)(C)C)nc(C)c3C)CC2)nc1. The van der Waals surface area contributed by atoms with Crippen LogP contribution in [0.25, 0.3) is 0 Å². The summed E-state index contributed by atoms with van der Waals surface area (Å²) in [6, 6.07) is 0. The van der Waals surface area contributed by atoms with Crippen LogP contribution in [0.3, 0.4) is 0 Å². The first kappa shape index (κ1) is 17.6. The van der Waals surface area contributed by atoms with E-state index in [-0.39, 0.29) is 5.41 Å². The van der Waals surface area contributed by atoms with Gasteiger partial charge < -0.3 is 9.80 Å². The summed E-state index contributed by atoms with van der Waals surface area (Å²) in [4.78, 5) is 23.1. The average molecular weight is 340 g/mol. The predicted molar refractivity (Wildman–Crippen MR) is 101 cm³/mol. The van der Waals surface area contributed by atoms with Gasteiger partial charge in [-0.15, -0.1) is 0 Å². The van der Waals surface area contributed by atoms with Gasteiger partial charge >= 0.3 is 0 Å². The largest absolute Gasteiger partial charge is 0.353 e. The molecule has 6 heteroatoms. The summed E-state index contributed by atoms with van der Waals surface area (Å²) in [6.07, 6.45) is 3.75. The third kappa shape index (κ3) is 3.72. The molecule has 0 atom stereocenters. The van der Waals surface area contributed by atoms with Gasteiger partial charge in [-0.2, -0.15) is 0 Å². The highest BCUT2D eigenvalue weighted by Gasteiger charge is 2.25. The topological polar surface area (TPSA) is 58.0 Å². The number of piperazine rings is 1. The Kier molecular flexibility index (Phi) is 4.62. The predicted octanol–water partition coefficient (Wildman–Crippen LogP) is 2.82. The lowest BCUT2D eigenvalue weighted by Gasteiger charge is -2.36. The van der Waals surface area contributed by atoms with Crippen molar-refractivity contribution in [2.45, 2.75) is 47.0 Å². The Morgan fingerprint density at radius 1 is 0.840 bits per heavy atom. The van der Waals surface area contributed by atoms with E-state index in [1.807, 2.05) is 19.3 Å². The Labute approximate surface area is 150 Å². The van der Waals surface area contributed by atoms with Crippen molar-refractivity contribution >= 4 is 11.8 Å². The second-order valence-electron chi connectivity index (χ2n) is 7.87. The molecule has 25 heavy (non-hydrogen) atoms. The first-order valence-corrected chi connectivity index (χ1v) is 8.90. The molecule has 1 aliphatic rings. The third-order valence-corrected chi connectivity index (χ3v) is 4.66. The van der Waals surface area contributed by atoms with Gasteiger partial charge in [-0.25, -0.2) is 19.9 Å². The zero-order chi connectivity index (χ0) is 18.2. The highest BCUT2D eigenvalue weighted by molar-refractivity contribution is 5.50. The summed E-state index contributed by atoms with van der Waals surface area (Å²) in [5.41, 5.74) is 3.28. The van der Waals surface area contributed by atoms with Gasteiger partial charge in [0.2, 0.25) is 5.95 Å². The summed E-state index contributed by atoms with van der Waals surface area (Å²) >= 11 is 0. The number of hydrogen-bond acceptors (Lipinski definition) is 6. The Morgan fingerprint density at radius 2 is 1.40 bits per heavy atom. The molecule has 3 heterocycles. The molecule has 1 saturated heterocycles. The van der Waals surface area contributed by atoms with E-state index in [2.05, 4.69) is 54.4 Å². The maximum atomic E-state index is 4.90. The van der Waals surface area contributed by atoms with Gasteiger partial charge in [0.1, 0.15) is 11.6 Å². The van der Waals surface area contributed by atoms with Crippen LogP contribution < -0.4 is 9.80 Å². The van der Waals surface area contributed by atoms with E-state index in [9.17, 15) is 0 Å². The minimum atomic E-state index is -0.0508. The average Bonchev–Trinajstić information content (AvgIpc) is 2.57. The monoisotopic (exact) mass is 340 g/mol. The van der Waals surface area contributed by atoms with Crippen molar-refractivity contribution in [3.8, 4) is 0 Å². The number of anilines is 2. The van der Waals surface area contributed by atoms with Crippen molar-refractivity contribution in [1.82, 2.24) is 19.9 Å². The fourth-order valence-electron chi connectivity index (χ4n) is 2.92. The Balaban J connectivity index is 1.78. The van der Waals surface area contributed by atoms with Gasteiger partial charge in [-0.1, -0.05) is 20.8 Å². The molecule has 0 amide bonds. The highest BCUT2D eigenvalue weighted by Crippen LogP contribution is 2.26. The van der Waals surface area contributed by atoms with Crippen LogP contribution >= 0.6 is 0 Å². The second-order valence-corrected chi connectivity index (χ2v) is 7.87. The molecule has 2 aromatic rings. The summed E-state index contributed by atoms with van der Waals surface area (Å²) in [5.74, 6) is 2.80. The minimum absolute atomic E-state index is 0.0508. The third-order valence-electron chi connectivity index (χ3n) is 4.66. The second kappa shape index (κ2) is 6.58. The summed E-state index contributed by atoms with van der Waals surface area (Å²) in [6.45, 7) is 16.3. The first-order chi connectivity index (χ1) is 11.8. The maximum Gasteiger partial charge on any atom is 0.225 e. The van der Waals surface area contributed by atoms with Crippen LogP contribution in [0.15, 0.2) is 12.4 Å². The summed E-state index contributed by atoms with van der Waals surface area (Å²) in [7, 11) is 0. The van der Waals surface area contributed by atoms with Crippen LogP contribution in [-0.2, 0) is 5.41 Å². The molecule has 0 saturated carbocycles. The van der Waals surface area contributed by atoms with Crippen LogP contribution in [0, 0.1) is 20.8 Å². The molecular weight excluding hydrogens is 312 g/mol. The number of aromatic nitrogens is 4. The number of aryl methyl sites for hydroxylation is 2. The quantitative estimate of drug-likeness (QED) is 0.838. The van der Waals surface area contributed by atoms with E-state index in [4.69, 9.17) is 9.97 Å². The summed E-state index contributed by atoms with van der Waals surface area (Å²) < 4.78 is 0. The zero-order valence-electron chi connectivity index (χ0n) is 16.2. The van der Waals surface area contributed by atoms with E-state index in [1.54, 1.807) is 0 Å². The van der Waals surface area contributed by atoms with Gasteiger partial charge in [-0.05, 0) is 26.3 Å². The zero-order valence-corrected chi connectivity index (χ0v) is 16.2. The molecule has 2 aromatic heterocycles. The summed E-state index contributed by atoms with van der Waals surface area (Å²) in [5, 5.41) is 0. The van der Waals surface area contributed by atoms with E-state index >= 15 is 0 Å². The maximum absolute atomic E-state index is 4.90. The molecule has 0 aromatic carbocycles. The molecule has 0 bridgehead atoms. The Bertz CT molecular complexity index is 740. The van der Waals surface area contributed by atoms with E-state index < -0.39 is 0 Å². The Hall–Kier alpha value is -2.24. The molecule has 0 aliphatic carbocycles. The number of rotatable bonds is 2. The van der Waals surface area contributed by atoms with Gasteiger partial charge in [0.25, 0.3) is 0 Å². The van der Waals surface area contributed by atoms with Crippen molar-refractivity contribution in [3.05, 3.63) is 35.0 Å². The normalized spacial score (nSPS) is 15.6. The van der Waals surface area contributed by atoms with Gasteiger partial charge in [0, 0.05) is 55.2 Å². The van der Waals surface area contributed by atoms with Crippen LogP contribution in [0.2, 0.25) is 0 Å². The molecule has 6 nitrogen and oxygen atoms in total. The highest BCUT2D eigenvalue weighted by atomic mass is 15.3. The van der Waals surface area contributed by atoms with E-state index in [1.165, 1.54) is 5.56 Å². The fourth-order valence-corrected chi connectivity index (χ4v) is 2.92. The van der Waals surface area contributed by atoms with Crippen LogP contribution in [0.5, 0.6) is 0 Å². The lowest BCUT2D eigenvalue weighted by atomic mass is 9.95. The molecule has 3 rings (SSSR count). The first-order valence-electron chi connectivity index (χ1n) is 8.90. The molecule has 1 aliphatic heterocycles. The molecule has 0 radical (unpaired) electrons. The number of hydrogen-bond donors (Lipinski definition) is 0. The minimum Gasteiger partial charge on any atom is -0.353 e. The van der Waals surface area contributed by atoms with Crippen molar-refractivity contribution < 1.29 is 0 Å². The molecule has 0 spiro atoms. The van der Waals surface area contributed by atoms with Crippen LogP contribution in [-0.4, -0.2) is 46.1 Å². The lowest BCUT2D eigenvalue weighted by molar-refractivity contribution is 0.538. The van der Waals surface area contributed by atoms with Crippen molar-refractivity contribution in [2.24, 2.45) is 0 Å². The fraction of sp³-hybridized carbons (Fsp3) is 0.579. The lowest BCUT2D eigenvalue weighted by Crippen LogP contribution is -2.47. The van der Waals surface area contributed by atoms with Gasteiger partial charge in [-0.3, -0.25) is 0 Å². The molecule has 0 N–H and O–H groups in total. The van der Waals surface area contributed by atoms with Gasteiger partial charge in [0.15, 0.2) is 0 Å². The molecule has 0 unspecified atom stereocenters. The van der Waals surface area contributed by atoms with Crippen molar-refractivity contribution in [2.75, 3.05) is 36.0 Å². The number of nitrogens with zero attached hydrogens (tertiary/aromatic N) is 6. The van der Waals surface area contributed by atoms with E-state index in [0.29, 0.717) is 0 Å². The molecule has 1 fully saturated rings. The smallest absolute Gasteiger partial charge is 0.225 e. The van der Waals surface area contributed by atoms with Crippen molar-refractivity contribution in [1.29, 1.82) is 0 Å². The molecular formula is C19H28N6. The van der Waals surface area contributed by atoms with Crippen LogP contribution in [0.4, 0.5) is 11.8 Å². The standard InChI is InChI=1S/C19H28N6/c1-13-11-20-18(21-12-13)25-9-7-24(8-10-25)16-14(2)15(3)22-17(23-16)19(4,5)6/h11-12H,7-10H2,1-6H3. The van der Waals surface area contributed by atoms with E-state index in [0.717, 1.165) is 55.0 Å². The molecule has 134 valence electrons. The van der Waals surface area contributed by atoms with Crippen LogP contribution in [0.1, 0.15) is 43.4 Å². The van der Waals surface area contributed by atoms with Gasteiger partial charge in [0.05, 0.1) is 0 Å².